The Morgan fingerprint density at radius 2 is 1.65 bits per heavy atom. The van der Waals surface area contributed by atoms with Gasteiger partial charge in [-0.3, -0.25) is 9.59 Å². The van der Waals surface area contributed by atoms with Gasteiger partial charge < -0.3 is 15.0 Å². The number of anilines is 1. The van der Waals surface area contributed by atoms with Crippen LogP contribution in [0.25, 0.3) is 16.9 Å². The Hall–Kier alpha value is -4.30. The van der Waals surface area contributed by atoms with Crippen LogP contribution >= 0.6 is 0 Å². The maximum absolute atomic E-state index is 13.5. The van der Waals surface area contributed by atoms with E-state index in [1.165, 1.54) is 17.0 Å². The van der Waals surface area contributed by atoms with Gasteiger partial charge in [-0.15, -0.1) is 0 Å². The van der Waals surface area contributed by atoms with Gasteiger partial charge >= 0.3 is 0 Å². The van der Waals surface area contributed by atoms with E-state index in [0.29, 0.717) is 36.8 Å². The molecular weight excluding hydrogens is 471 g/mol. The lowest BCUT2D eigenvalue weighted by molar-refractivity contribution is -0.139. The van der Waals surface area contributed by atoms with Crippen molar-refractivity contribution in [1.29, 1.82) is 0 Å². The molecule has 4 aromatic rings. The van der Waals surface area contributed by atoms with Gasteiger partial charge in [0.15, 0.2) is 0 Å². The van der Waals surface area contributed by atoms with E-state index >= 15 is 0 Å². The van der Waals surface area contributed by atoms with E-state index in [0.717, 1.165) is 11.1 Å². The molecule has 1 N–H and O–H groups in total. The zero-order valence-electron chi connectivity index (χ0n) is 20.6. The number of halogens is 1. The second-order valence-electron chi connectivity index (χ2n) is 8.51. The summed E-state index contributed by atoms with van der Waals surface area (Å²) in [5.41, 5.74) is 3.08. The van der Waals surface area contributed by atoms with E-state index in [-0.39, 0.29) is 30.8 Å². The largest absolute Gasteiger partial charge is 0.367 e. The number of amides is 2. The number of aromatic nitrogens is 2. The molecule has 0 fully saturated rings. The zero-order valence-corrected chi connectivity index (χ0v) is 20.6. The minimum atomic E-state index is -0.368. The van der Waals surface area contributed by atoms with Gasteiger partial charge in [0.25, 0.3) is 0 Å². The number of carbonyl (C=O) groups is 2. The first-order chi connectivity index (χ1) is 18.0. The van der Waals surface area contributed by atoms with Crippen molar-refractivity contribution in [2.75, 3.05) is 25.0 Å². The Morgan fingerprint density at radius 1 is 0.973 bits per heavy atom. The fourth-order valence-electron chi connectivity index (χ4n) is 3.84. The summed E-state index contributed by atoms with van der Waals surface area (Å²) in [7, 11) is 0. The first-order valence-corrected chi connectivity index (χ1v) is 12.1. The van der Waals surface area contributed by atoms with Crippen molar-refractivity contribution in [3.8, 4) is 16.9 Å². The molecule has 0 spiro atoms. The highest BCUT2D eigenvalue weighted by Gasteiger charge is 2.19. The predicted molar refractivity (Wildman–Crippen MR) is 141 cm³/mol. The molecule has 190 valence electrons. The highest BCUT2D eigenvalue weighted by Crippen LogP contribution is 2.25. The van der Waals surface area contributed by atoms with Crippen LogP contribution in [0.15, 0.2) is 91.0 Å². The summed E-state index contributed by atoms with van der Waals surface area (Å²) in [5.74, 6) is -0.578. The third-order valence-electron chi connectivity index (χ3n) is 5.64. The molecule has 0 aliphatic carbocycles. The number of ether oxygens (including phenoxy) is 1. The lowest BCUT2D eigenvalue weighted by atomic mass is 10.1. The summed E-state index contributed by atoms with van der Waals surface area (Å²) in [5, 5.41) is 7.50. The topological polar surface area (TPSA) is 76.5 Å². The van der Waals surface area contributed by atoms with E-state index in [2.05, 4.69) is 10.4 Å². The molecule has 0 unspecified atom stereocenters. The highest BCUT2D eigenvalue weighted by atomic mass is 19.1. The molecule has 0 saturated heterocycles. The average Bonchev–Trinajstić information content (AvgIpc) is 3.33. The standard InChI is InChI=1S/C29H29FN4O3/c1-2-17-33(29(36)21-37-20-22-9-5-3-6-10-22)19-28(35)31-27-18-26(23-11-7-4-8-12-23)32-34(27)25-15-13-24(30)14-16-25/h3-16,18H,2,17,19-21H2,1H3,(H,31,35). The number of rotatable bonds is 11. The molecule has 8 heteroatoms. The molecule has 2 amide bonds. The van der Waals surface area contributed by atoms with Crippen molar-refractivity contribution < 1.29 is 18.7 Å². The van der Waals surface area contributed by atoms with Crippen molar-refractivity contribution in [2.45, 2.75) is 20.0 Å². The number of nitrogens with zero attached hydrogens (tertiary/aromatic N) is 3. The number of hydrogen-bond acceptors (Lipinski definition) is 4. The van der Waals surface area contributed by atoms with E-state index < -0.39 is 0 Å². The Labute approximate surface area is 215 Å². The van der Waals surface area contributed by atoms with E-state index in [1.807, 2.05) is 67.6 Å². The van der Waals surface area contributed by atoms with Crippen molar-refractivity contribution in [2.24, 2.45) is 0 Å². The van der Waals surface area contributed by atoms with Gasteiger partial charge in [-0.25, -0.2) is 9.07 Å². The van der Waals surface area contributed by atoms with Crippen LogP contribution in [0.1, 0.15) is 18.9 Å². The summed E-state index contributed by atoms with van der Waals surface area (Å²) in [6.07, 6.45) is 0.698. The van der Waals surface area contributed by atoms with E-state index in [1.54, 1.807) is 22.9 Å². The minimum Gasteiger partial charge on any atom is -0.367 e. The first-order valence-electron chi connectivity index (χ1n) is 12.1. The van der Waals surface area contributed by atoms with Crippen molar-refractivity contribution in [1.82, 2.24) is 14.7 Å². The van der Waals surface area contributed by atoms with Crippen molar-refractivity contribution >= 4 is 17.6 Å². The molecule has 4 rings (SSSR count). The van der Waals surface area contributed by atoms with Crippen LogP contribution in [0.4, 0.5) is 10.2 Å². The molecule has 0 radical (unpaired) electrons. The molecule has 37 heavy (non-hydrogen) atoms. The third kappa shape index (κ3) is 7.11. The van der Waals surface area contributed by atoms with Crippen LogP contribution in [-0.4, -0.2) is 46.2 Å². The van der Waals surface area contributed by atoms with Gasteiger partial charge in [-0.1, -0.05) is 67.6 Å². The maximum atomic E-state index is 13.5. The quantitative estimate of drug-likeness (QED) is 0.312. The second-order valence-corrected chi connectivity index (χ2v) is 8.51. The molecule has 0 saturated carbocycles. The summed E-state index contributed by atoms with van der Waals surface area (Å²) in [6.45, 7) is 2.44. The van der Waals surface area contributed by atoms with Gasteiger partial charge in [0.2, 0.25) is 11.8 Å². The molecule has 0 bridgehead atoms. The molecule has 0 aliphatic rings. The zero-order chi connectivity index (χ0) is 26.0. The Balaban J connectivity index is 1.46. The molecule has 0 atom stereocenters. The Bertz CT molecular complexity index is 1310. The number of benzene rings is 3. The highest BCUT2D eigenvalue weighted by molar-refractivity contribution is 5.94. The van der Waals surface area contributed by atoms with Gasteiger partial charge in [-0.2, -0.15) is 5.10 Å². The van der Waals surface area contributed by atoms with Gasteiger partial charge in [0, 0.05) is 18.2 Å². The summed E-state index contributed by atoms with van der Waals surface area (Å²) < 4.78 is 20.6. The second kappa shape index (κ2) is 12.6. The van der Waals surface area contributed by atoms with Crippen LogP contribution in [0.2, 0.25) is 0 Å². The van der Waals surface area contributed by atoms with E-state index in [4.69, 9.17) is 4.74 Å². The lowest BCUT2D eigenvalue weighted by Gasteiger charge is -2.21. The first kappa shape index (κ1) is 25.8. The monoisotopic (exact) mass is 500 g/mol. The van der Waals surface area contributed by atoms with Crippen LogP contribution < -0.4 is 5.32 Å². The Kier molecular flexibility index (Phi) is 8.78. The van der Waals surface area contributed by atoms with Crippen molar-refractivity contribution in [3.63, 3.8) is 0 Å². The minimum absolute atomic E-state index is 0.117. The normalized spacial score (nSPS) is 10.8. The van der Waals surface area contributed by atoms with Crippen LogP contribution in [0.3, 0.4) is 0 Å². The number of hydrogen-bond donors (Lipinski definition) is 1. The summed E-state index contributed by atoms with van der Waals surface area (Å²) in [4.78, 5) is 27.3. The molecule has 1 aromatic heterocycles. The number of nitrogens with one attached hydrogen (secondary N) is 1. The summed E-state index contributed by atoms with van der Waals surface area (Å²) >= 11 is 0. The van der Waals surface area contributed by atoms with Crippen LogP contribution in [0, 0.1) is 5.82 Å². The molecule has 7 nitrogen and oxygen atoms in total. The SMILES string of the molecule is CCCN(CC(=O)Nc1cc(-c2ccccc2)nn1-c1ccc(F)cc1)C(=O)COCc1ccccc1. The fraction of sp³-hybridized carbons (Fsp3) is 0.207. The van der Waals surface area contributed by atoms with Crippen LogP contribution in [-0.2, 0) is 20.9 Å². The van der Waals surface area contributed by atoms with Gasteiger partial charge in [0.05, 0.1) is 24.5 Å². The Morgan fingerprint density at radius 3 is 2.32 bits per heavy atom. The van der Waals surface area contributed by atoms with Crippen LogP contribution in [0.5, 0.6) is 0 Å². The molecular formula is C29H29FN4O3. The number of carbonyl (C=O) groups excluding carboxylic acids is 2. The van der Waals surface area contributed by atoms with Crippen molar-refractivity contribution in [3.05, 3.63) is 102 Å². The average molecular weight is 501 g/mol. The maximum Gasteiger partial charge on any atom is 0.249 e. The van der Waals surface area contributed by atoms with Gasteiger partial charge in [-0.05, 0) is 36.2 Å². The molecule has 0 aliphatic heterocycles. The smallest absolute Gasteiger partial charge is 0.249 e. The third-order valence-corrected chi connectivity index (χ3v) is 5.64. The summed E-state index contributed by atoms with van der Waals surface area (Å²) in [6, 6.07) is 26.7. The molecule has 3 aromatic carbocycles. The molecule has 1 heterocycles. The van der Waals surface area contributed by atoms with E-state index in [9.17, 15) is 14.0 Å². The van der Waals surface area contributed by atoms with Gasteiger partial charge in [0.1, 0.15) is 18.2 Å². The fourth-order valence-corrected chi connectivity index (χ4v) is 3.84. The predicted octanol–water partition coefficient (Wildman–Crippen LogP) is 5.07. The lowest BCUT2D eigenvalue weighted by Crippen LogP contribution is -2.40.